The molecule has 4 rings (SSSR count). The van der Waals surface area contributed by atoms with Crippen LogP contribution in [0.2, 0.25) is 0 Å². The monoisotopic (exact) mass is 533 g/mol. The van der Waals surface area contributed by atoms with Crippen LogP contribution < -0.4 is 5.73 Å². The first-order valence-corrected chi connectivity index (χ1v) is 13.3. The number of anilines is 1. The molecule has 21 heteroatoms. The highest BCUT2D eigenvalue weighted by molar-refractivity contribution is 7.66. The van der Waals surface area contributed by atoms with Gasteiger partial charge in [-0.3, -0.25) is 9.09 Å². The number of ether oxygens (including phenoxy) is 1. The number of nitrogens with zero attached hydrogens (tertiary/aromatic N) is 4. The second-order valence-electron chi connectivity index (χ2n) is 7.60. The summed E-state index contributed by atoms with van der Waals surface area (Å²) in [4.78, 5) is 47.9. The summed E-state index contributed by atoms with van der Waals surface area (Å²) in [5, 5.41) is 22.0. The van der Waals surface area contributed by atoms with E-state index in [2.05, 4.69) is 28.1 Å². The van der Waals surface area contributed by atoms with E-state index >= 15 is 0 Å². The highest BCUT2D eigenvalue weighted by atomic mass is 31.3. The molecule has 1 saturated carbocycles. The van der Waals surface area contributed by atoms with Crippen LogP contribution in [0, 0.1) is 0 Å². The number of rotatable bonds is 8. The Labute approximate surface area is 183 Å². The SMILES string of the molecule is C[C@]1(O)[C@H](n2cnc3c(N)ncnc32)O[C@@]2(COP(=O)(O)OP(=O)(O)OP(=O)(O)O)C[C@@]21O. The summed E-state index contributed by atoms with van der Waals surface area (Å²) >= 11 is 0. The Hall–Kier alpha value is -1.36. The van der Waals surface area contributed by atoms with E-state index in [1.165, 1.54) is 17.8 Å². The van der Waals surface area contributed by atoms with E-state index in [4.69, 9.17) is 20.3 Å². The zero-order valence-electron chi connectivity index (χ0n) is 16.4. The summed E-state index contributed by atoms with van der Waals surface area (Å²) in [5.41, 5.74) is 0.275. The number of nitrogens with two attached hydrogens (primary N) is 1. The number of aromatic nitrogens is 4. The summed E-state index contributed by atoms with van der Waals surface area (Å²) in [7, 11) is -16.8. The number of imidazole rings is 1. The average molecular weight is 533 g/mol. The van der Waals surface area contributed by atoms with Gasteiger partial charge in [-0.15, -0.1) is 0 Å². The Morgan fingerprint density at radius 1 is 1.15 bits per heavy atom. The van der Waals surface area contributed by atoms with Gasteiger partial charge in [-0.25, -0.2) is 28.6 Å². The molecule has 1 aliphatic heterocycles. The molecule has 0 spiro atoms. The van der Waals surface area contributed by atoms with Crippen LogP contribution >= 0.6 is 23.5 Å². The molecule has 0 radical (unpaired) electrons. The van der Waals surface area contributed by atoms with Crippen molar-refractivity contribution in [1.82, 2.24) is 19.5 Å². The number of phosphoric acid groups is 3. The van der Waals surface area contributed by atoms with Crippen LogP contribution in [0.5, 0.6) is 0 Å². The van der Waals surface area contributed by atoms with Crippen molar-refractivity contribution < 1.29 is 61.4 Å². The van der Waals surface area contributed by atoms with Gasteiger partial charge in [0.2, 0.25) is 0 Å². The number of phosphoric ester groups is 1. The van der Waals surface area contributed by atoms with Gasteiger partial charge in [-0.1, -0.05) is 0 Å². The van der Waals surface area contributed by atoms with E-state index in [-0.39, 0.29) is 23.4 Å². The maximum Gasteiger partial charge on any atom is 0.490 e. The molecule has 184 valence electrons. The fraction of sp³-hybridized carbons (Fsp3) is 0.583. The molecule has 2 fully saturated rings. The number of fused-ring (bicyclic) bond motifs is 2. The highest BCUT2D eigenvalue weighted by Gasteiger charge is 2.84. The van der Waals surface area contributed by atoms with Crippen molar-refractivity contribution in [2.45, 2.75) is 36.4 Å². The van der Waals surface area contributed by atoms with E-state index < -0.39 is 53.1 Å². The van der Waals surface area contributed by atoms with Crippen LogP contribution in [0.4, 0.5) is 5.82 Å². The van der Waals surface area contributed by atoms with Crippen molar-refractivity contribution in [1.29, 1.82) is 0 Å². The second-order valence-corrected chi connectivity index (χ2v) is 12.0. The maximum atomic E-state index is 12.0. The van der Waals surface area contributed by atoms with E-state index in [0.717, 1.165) is 6.33 Å². The fourth-order valence-corrected chi connectivity index (χ4v) is 6.81. The lowest BCUT2D eigenvalue weighted by atomic mass is 9.94. The van der Waals surface area contributed by atoms with Gasteiger partial charge in [-0.05, 0) is 6.92 Å². The van der Waals surface area contributed by atoms with Gasteiger partial charge in [0.15, 0.2) is 17.7 Å². The summed E-state index contributed by atoms with van der Waals surface area (Å²) < 4.78 is 53.1. The Balaban J connectivity index is 1.54. The quantitative estimate of drug-likeness (QED) is 0.198. The van der Waals surface area contributed by atoms with Gasteiger partial charge < -0.3 is 40.3 Å². The van der Waals surface area contributed by atoms with Crippen LogP contribution in [-0.2, 0) is 31.6 Å². The first-order valence-electron chi connectivity index (χ1n) is 8.76. The predicted molar refractivity (Wildman–Crippen MR) is 103 cm³/mol. The van der Waals surface area contributed by atoms with E-state index in [0.29, 0.717) is 0 Å². The van der Waals surface area contributed by atoms with Crippen molar-refractivity contribution in [3.8, 4) is 0 Å². The first-order chi connectivity index (χ1) is 14.9. The number of aliphatic hydroxyl groups is 2. The largest absolute Gasteiger partial charge is 0.490 e. The van der Waals surface area contributed by atoms with Gasteiger partial charge in [0.05, 0.1) is 12.9 Å². The molecule has 3 heterocycles. The normalized spacial score (nSPS) is 35.2. The summed E-state index contributed by atoms with van der Waals surface area (Å²) in [6.07, 6.45) is 0.752. The molecule has 18 nitrogen and oxygen atoms in total. The molecular weight excluding hydrogens is 515 g/mol. The second kappa shape index (κ2) is 7.32. The number of nitrogen functional groups attached to an aromatic ring is 1. The highest BCUT2D eigenvalue weighted by Crippen LogP contribution is 2.70. The van der Waals surface area contributed by atoms with Crippen LogP contribution in [0.1, 0.15) is 19.6 Å². The molecular formula is C12H18N5O13P3. The smallest absolute Gasteiger partial charge is 0.383 e. The molecule has 8 N–H and O–H groups in total. The van der Waals surface area contributed by atoms with Crippen LogP contribution in [-0.4, -0.2) is 72.7 Å². The summed E-state index contributed by atoms with van der Waals surface area (Å²) in [5.74, 6) is 0.0441. The topological polar surface area (TPSA) is 279 Å². The van der Waals surface area contributed by atoms with Crippen molar-refractivity contribution in [3.05, 3.63) is 12.7 Å². The Morgan fingerprint density at radius 3 is 2.45 bits per heavy atom. The lowest BCUT2D eigenvalue weighted by Crippen LogP contribution is -2.46. The predicted octanol–water partition coefficient (Wildman–Crippen LogP) is -1.09. The molecule has 2 aliphatic rings. The molecule has 0 bridgehead atoms. The van der Waals surface area contributed by atoms with E-state index in [9.17, 15) is 33.7 Å². The van der Waals surface area contributed by atoms with Crippen LogP contribution in [0.15, 0.2) is 12.7 Å². The molecule has 0 amide bonds. The van der Waals surface area contributed by atoms with Crippen molar-refractivity contribution in [2.75, 3.05) is 12.3 Å². The molecule has 1 aliphatic carbocycles. The van der Waals surface area contributed by atoms with Gasteiger partial charge >= 0.3 is 23.5 Å². The minimum Gasteiger partial charge on any atom is -0.383 e. The lowest BCUT2D eigenvalue weighted by molar-refractivity contribution is -0.140. The van der Waals surface area contributed by atoms with Gasteiger partial charge in [0.1, 0.15) is 28.6 Å². The maximum absolute atomic E-state index is 12.0. The van der Waals surface area contributed by atoms with Crippen LogP contribution in [0.3, 0.4) is 0 Å². The van der Waals surface area contributed by atoms with E-state index in [1.54, 1.807) is 0 Å². The third kappa shape index (κ3) is 4.17. The number of hydrogen-bond acceptors (Lipinski definition) is 13. The third-order valence-electron chi connectivity index (χ3n) is 5.34. The Morgan fingerprint density at radius 2 is 1.82 bits per heavy atom. The summed E-state index contributed by atoms with van der Waals surface area (Å²) in [6.45, 7) is 0.289. The zero-order valence-corrected chi connectivity index (χ0v) is 19.1. The van der Waals surface area contributed by atoms with Gasteiger partial charge in [-0.2, -0.15) is 8.62 Å². The van der Waals surface area contributed by atoms with E-state index in [1.807, 2.05) is 0 Å². The third-order valence-corrected chi connectivity index (χ3v) is 9.12. The molecule has 2 aromatic heterocycles. The molecule has 1 saturated heterocycles. The van der Waals surface area contributed by atoms with Crippen molar-refractivity contribution >= 4 is 40.4 Å². The molecule has 33 heavy (non-hydrogen) atoms. The van der Waals surface area contributed by atoms with Crippen molar-refractivity contribution in [3.63, 3.8) is 0 Å². The zero-order chi connectivity index (χ0) is 24.7. The fourth-order valence-electron chi connectivity index (χ4n) is 3.74. The van der Waals surface area contributed by atoms with Gasteiger partial charge in [0.25, 0.3) is 0 Å². The molecule has 0 aromatic carbocycles. The molecule has 6 atom stereocenters. The van der Waals surface area contributed by atoms with Crippen LogP contribution in [0.25, 0.3) is 11.2 Å². The summed E-state index contributed by atoms with van der Waals surface area (Å²) in [6, 6.07) is 0. The lowest BCUT2D eigenvalue weighted by Gasteiger charge is -2.31. The molecule has 2 aromatic rings. The first kappa shape index (κ1) is 24.8. The standard InChI is InChI=1S/C12H18N5O13P3/c1-10(18)9(17-5-16-6-7(13)14-4-15-8(6)17)28-11(2-12(10,11)19)3-27-32(23,24)30-33(25,26)29-31(20,21)22/h4-5,9,18-19H,2-3H2,1H3,(H,23,24)(H,25,26)(H2,13,14,15)(H2,20,21,22)/t9-,10+,11-,12+/m1/s1. The van der Waals surface area contributed by atoms with Gasteiger partial charge in [0, 0.05) is 6.42 Å². The minimum absolute atomic E-state index is 0.0441. The molecule has 2 unspecified atom stereocenters. The number of hydrogen-bond donors (Lipinski definition) is 7. The average Bonchev–Trinajstić information content (AvgIpc) is 2.94. The Kier molecular flexibility index (Phi) is 5.49. The van der Waals surface area contributed by atoms with Crippen molar-refractivity contribution in [2.24, 2.45) is 0 Å². The minimum atomic E-state index is -5.72. The Bertz CT molecular complexity index is 1260.